The van der Waals surface area contributed by atoms with Crippen LogP contribution in [-0.2, 0) is 0 Å². The zero-order valence-corrected chi connectivity index (χ0v) is 13.7. The number of carbonyl (C=O) groups excluding carboxylic acids is 1. The van der Waals surface area contributed by atoms with Crippen LogP contribution in [0.5, 0.6) is 0 Å². The first kappa shape index (κ1) is 15.6. The first-order chi connectivity index (χ1) is 12.1. The summed E-state index contributed by atoms with van der Waals surface area (Å²) in [4.78, 5) is 31.4. The number of aromatic nitrogens is 2. The largest absolute Gasteiger partial charge is 0.364 e. The number of hydrogen-bond acceptors (Lipinski definition) is 3. The van der Waals surface area contributed by atoms with Crippen LogP contribution in [0, 0.1) is 0 Å². The predicted octanol–water partition coefficient (Wildman–Crippen LogP) is 3.07. The Labute approximate surface area is 144 Å². The summed E-state index contributed by atoms with van der Waals surface area (Å²) in [7, 11) is 0. The van der Waals surface area contributed by atoms with Gasteiger partial charge in [-0.3, -0.25) is 14.6 Å². The zero-order valence-electron chi connectivity index (χ0n) is 13.7. The molecule has 0 saturated heterocycles. The molecular weight excluding hydrogens is 314 g/mol. The van der Waals surface area contributed by atoms with E-state index in [2.05, 4.69) is 34.2 Å². The van der Waals surface area contributed by atoms with Crippen LogP contribution in [0.15, 0.2) is 53.5 Å². The van der Waals surface area contributed by atoms with E-state index >= 15 is 0 Å². The fourth-order valence-corrected chi connectivity index (χ4v) is 3.92. The molecule has 0 aliphatic heterocycles. The fourth-order valence-electron chi connectivity index (χ4n) is 3.92. The first-order valence-corrected chi connectivity index (χ1v) is 8.50. The minimum absolute atomic E-state index is 0.0267. The average Bonchev–Trinajstić information content (AvgIpc) is 3.12. The van der Waals surface area contributed by atoms with E-state index in [0.29, 0.717) is 17.4 Å². The fraction of sp³-hybridized carbons (Fsp3) is 0.250. The van der Waals surface area contributed by atoms with Crippen molar-refractivity contribution in [2.45, 2.75) is 31.1 Å². The molecule has 1 unspecified atom stereocenters. The van der Waals surface area contributed by atoms with Crippen LogP contribution < -0.4 is 11.2 Å². The Bertz CT molecular complexity index is 995. The minimum Gasteiger partial charge on any atom is -0.364 e. The maximum Gasteiger partial charge on any atom is 0.268 e. The Morgan fingerprint density at radius 3 is 2.64 bits per heavy atom. The minimum atomic E-state index is -0.686. The Hall–Kier alpha value is -2.95. The van der Waals surface area contributed by atoms with E-state index in [9.17, 15) is 9.59 Å². The van der Waals surface area contributed by atoms with Crippen LogP contribution in [0.2, 0.25) is 0 Å². The van der Waals surface area contributed by atoms with Crippen LogP contribution in [0.25, 0.3) is 10.9 Å². The summed E-state index contributed by atoms with van der Waals surface area (Å²) in [5, 5.41) is 0.274. The molecular formula is C20H19N3O2. The number of aromatic amines is 1. The summed E-state index contributed by atoms with van der Waals surface area (Å²) in [5.41, 5.74) is 8.07. The van der Waals surface area contributed by atoms with Gasteiger partial charge in [-0.1, -0.05) is 30.3 Å². The van der Waals surface area contributed by atoms with Crippen molar-refractivity contribution in [2.75, 3.05) is 0 Å². The van der Waals surface area contributed by atoms with Crippen LogP contribution in [0.1, 0.15) is 52.8 Å². The summed E-state index contributed by atoms with van der Waals surface area (Å²) in [6.07, 6.45) is 4.66. The normalized spacial score (nSPS) is 20.0. The highest BCUT2D eigenvalue weighted by Gasteiger charge is 2.28. The number of primary amides is 1. The molecule has 126 valence electrons. The third-order valence-corrected chi connectivity index (χ3v) is 5.14. The molecule has 1 aliphatic rings. The molecule has 3 aromatic rings. The highest BCUT2D eigenvalue weighted by atomic mass is 16.1. The summed E-state index contributed by atoms with van der Waals surface area (Å²) in [6.45, 7) is 0. The average molecular weight is 333 g/mol. The zero-order chi connectivity index (χ0) is 17.4. The number of rotatable bonds is 3. The number of H-pyrrole nitrogens is 1. The van der Waals surface area contributed by atoms with Crippen molar-refractivity contribution >= 4 is 16.8 Å². The number of benzene rings is 1. The molecule has 1 amide bonds. The highest BCUT2D eigenvalue weighted by Crippen LogP contribution is 2.42. The number of nitrogens with one attached hydrogen (secondary N) is 1. The van der Waals surface area contributed by atoms with Gasteiger partial charge in [-0.15, -0.1) is 0 Å². The second kappa shape index (κ2) is 6.16. The van der Waals surface area contributed by atoms with E-state index < -0.39 is 5.91 Å². The number of fused-ring (bicyclic) bond motifs is 1. The van der Waals surface area contributed by atoms with Gasteiger partial charge in [0.25, 0.3) is 5.91 Å². The molecule has 3 N–H and O–H groups in total. The van der Waals surface area contributed by atoms with Gasteiger partial charge in [-0.25, -0.2) is 0 Å². The van der Waals surface area contributed by atoms with Crippen molar-refractivity contribution in [2.24, 2.45) is 5.73 Å². The predicted molar refractivity (Wildman–Crippen MR) is 96.7 cm³/mol. The van der Waals surface area contributed by atoms with Crippen LogP contribution in [0.4, 0.5) is 0 Å². The van der Waals surface area contributed by atoms with Gasteiger partial charge >= 0.3 is 0 Å². The third-order valence-electron chi connectivity index (χ3n) is 5.14. The van der Waals surface area contributed by atoms with Crippen molar-refractivity contribution in [3.05, 3.63) is 75.8 Å². The summed E-state index contributed by atoms with van der Waals surface area (Å²) in [6, 6.07) is 13.8. The quantitative estimate of drug-likeness (QED) is 0.772. The summed E-state index contributed by atoms with van der Waals surface area (Å²) >= 11 is 0. The smallest absolute Gasteiger partial charge is 0.268 e. The monoisotopic (exact) mass is 333 g/mol. The number of amides is 1. The molecule has 0 radical (unpaired) electrons. The molecule has 1 aromatic carbocycles. The lowest BCUT2D eigenvalue weighted by Gasteiger charge is -2.13. The molecule has 25 heavy (non-hydrogen) atoms. The molecule has 1 fully saturated rings. The van der Waals surface area contributed by atoms with Crippen molar-refractivity contribution in [1.82, 2.24) is 9.97 Å². The van der Waals surface area contributed by atoms with Gasteiger partial charge < -0.3 is 10.7 Å². The lowest BCUT2D eigenvalue weighted by molar-refractivity contribution is 0.0997. The van der Waals surface area contributed by atoms with Crippen molar-refractivity contribution in [3.8, 4) is 0 Å². The molecule has 5 nitrogen and oxygen atoms in total. The van der Waals surface area contributed by atoms with Gasteiger partial charge in [0.05, 0.1) is 10.9 Å². The highest BCUT2D eigenvalue weighted by molar-refractivity contribution is 6.03. The Morgan fingerprint density at radius 2 is 1.88 bits per heavy atom. The Morgan fingerprint density at radius 1 is 1.12 bits per heavy atom. The molecule has 0 bridgehead atoms. The lowest BCUT2D eigenvalue weighted by atomic mass is 9.95. The maximum atomic E-state index is 12.6. The third kappa shape index (κ3) is 2.82. The Balaban J connectivity index is 1.69. The topological polar surface area (TPSA) is 88.8 Å². The number of nitrogens with zero attached hydrogens (tertiary/aromatic N) is 1. The number of pyridine rings is 2. The van der Waals surface area contributed by atoms with Gasteiger partial charge in [0.1, 0.15) is 5.69 Å². The van der Waals surface area contributed by atoms with E-state index in [1.54, 1.807) is 12.1 Å². The number of nitrogens with two attached hydrogens (primary N) is 1. The molecule has 2 atom stereocenters. The molecule has 2 aromatic heterocycles. The van der Waals surface area contributed by atoms with Gasteiger partial charge in [0, 0.05) is 18.0 Å². The Kier molecular flexibility index (Phi) is 3.84. The standard InChI is InChI=1S/C20H19N3O2/c21-20(25)19-18-15(8-9-22-19)23-16(11-17(18)24)14-7-6-13(10-14)12-4-2-1-3-5-12/h1-5,8-9,11,13-14H,6-7,10H2,(H2,21,25)(H,23,24)/t13?,14-/m0/s1. The molecule has 2 heterocycles. The molecule has 5 heteroatoms. The van der Waals surface area contributed by atoms with Crippen molar-refractivity contribution in [3.63, 3.8) is 0 Å². The number of carbonyl (C=O) groups is 1. The van der Waals surface area contributed by atoms with E-state index in [0.717, 1.165) is 25.0 Å². The van der Waals surface area contributed by atoms with E-state index in [1.165, 1.54) is 11.8 Å². The van der Waals surface area contributed by atoms with E-state index in [1.807, 2.05) is 6.07 Å². The first-order valence-electron chi connectivity index (χ1n) is 8.50. The van der Waals surface area contributed by atoms with Gasteiger partial charge in [0.15, 0.2) is 5.43 Å². The van der Waals surface area contributed by atoms with Gasteiger partial charge in [-0.05, 0) is 42.7 Å². The van der Waals surface area contributed by atoms with E-state index in [4.69, 9.17) is 5.73 Å². The van der Waals surface area contributed by atoms with Gasteiger partial charge in [-0.2, -0.15) is 0 Å². The maximum absolute atomic E-state index is 12.6. The van der Waals surface area contributed by atoms with Crippen LogP contribution in [0.3, 0.4) is 0 Å². The molecule has 1 saturated carbocycles. The number of hydrogen-bond donors (Lipinski definition) is 2. The van der Waals surface area contributed by atoms with Crippen LogP contribution >= 0.6 is 0 Å². The summed E-state index contributed by atoms with van der Waals surface area (Å²) < 4.78 is 0. The van der Waals surface area contributed by atoms with E-state index in [-0.39, 0.29) is 16.5 Å². The van der Waals surface area contributed by atoms with Crippen molar-refractivity contribution < 1.29 is 4.79 Å². The SMILES string of the molecule is NC(=O)c1nccc2[nH]c([C@H]3CCC(c4ccccc4)C3)cc(=O)c12. The molecule has 1 aliphatic carbocycles. The van der Waals surface area contributed by atoms with Gasteiger partial charge in [0.2, 0.25) is 0 Å². The molecule has 0 spiro atoms. The van der Waals surface area contributed by atoms with Crippen molar-refractivity contribution in [1.29, 1.82) is 0 Å². The lowest BCUT2D eigenvalue weighted by Crippen LogP contribution is -2.18. The second-order valence-electron chi connectivity index (χ2n) is 6.65. The molecule has 4 rings (SSSR count). The second-order valence-corrected chi connectivity index (χ2v) is 6.65. The summed E-state index contributed by atoms with van der Waals surface area (Å²) in [5.74, 6) is 0.144. The van der Waals surface area contributed by atoms with Crippen LogP contribution in [-0.4, -0.2) is 15.9 Å².